The minimum Gasteiger partial charge on any atom is -0.364 e. The first kappa shape index (κ1) is 24.6. The van der Waals surface area contributed by atoms with Crippen LogP contribution in [0.1, 0.15) is 23.7 Å². The number of rotatable bonds is 7. The number of nitrogens with zero attached hydrogens (tertiary/aromatic N) is 4. The molecule has 0 unspecified atom stereocenters. The van der Waals surface area contributed by atoms with Gasteiger partial charge in [-0.05, 0) is 18.1 Å². The zero-order valence-corrected chi connectivity index (χ0v) is 20.6. The van der Waals surface area contributed by atoms with E-state index in [-0.39, 0.29) is 29.7 Å². The van der Waals surface area contributed by atoms with Crippen molar-refractivity contribution in [2.45, 2.75) is 25.8 Å². The van der Waals surface area contributed by atoms with Crippen molar-refractivity contribution >= 4 is 39.8 Å². The topological polar surface area (TPSA) is 91.0 Å². The minimum absolute atomic E-state index is 0. The molecule has 0 bridgehead atoms. The van der Waals surface area contributed by atoms with Crippen LogP contribution < -0.4 is 5.32 Å². The Balaban J connectivity index is 0.00000320. The number of aliphatic imine (C=N–C) groups is 1. The molecule has 2 aromatic rings. The molecule has 0 atom stereocenters. The molecule has 3 rings (SSSR count). The van der Waals surface area contributed by atoms with E-state index in [4.69, 9.17) is 9.52 Å². The van der Waals surface area contributed by atoms with Crippen LogP contribution in [-0.2, 0) is 28.7 Å². The lowest BCUT2D eigenvalue weighted by molar-refractivity contribution is 0.169. The second kappa shape index (κ2) is 11.7. The van der Waals surface area contributed by atoms with Crippen LogP contribution >= 0.6 is 24.0 Å². The van der Waals surface area contributed by atoms with E-state index in [2.05, 4.69) is 27.2 Å². The molecule has 1 aliphatic heterocycles. The number of hydrogen-bond acceptors (Lipinski definition) is 6. The zero-order chi connectivity index (χ0) is 20.7. The van der Waals surface area contributed by atoms with Crippen LogP contribution in [0.5, 0.6) is 0 Å². The first-order valence-corrected chi connectivity index (χ1v) is 11.9. The highest BCUT2D eigenvalue weighted by atomic mass is 127. The Labute approximate surface area is 195 Å². The highest BCUT2D eigenvalue weighted by Gasteiger charge is 2.20. The van der Waals surface area contributed by atoms with Gasteiger partial charge >= 0.3 is 0 Å². The molecule has 0 radical (unpaired) electrons. The Morgan fingerprint density at radius 2 is 1.80 bits per heavy atom. The molecule has 0 spiro atoms. The van der Waals surface area contributed by atoms with Gasteiger partial charge in [-0.25, -0.2) is 13.4 Å². The molecule has 1 aromatic carbocycles. The highest BCUT2D eigenvalue weighted by Crippen LogP contribution is 2.11. The second-order valence-electron chi connectivity index (χ2n) is 7.31. The summed E-state index contributed by atoms with van der Waals surface area (Å²) in [5, 5.41) is 7.36. The molecule has 1 saturated heterocycles. The summed E-state index contributed by atoms with van der Waals surface area (Å²) < 4.78 is 27.7. The molecule has 30 heavy (non-hydrogen) atoms. The number of piperazine rings is 1. The van der Waals surface area contributed by atoms with E-state index in [9.17, 15) is 8.42 Å². The summed E-state index contributed by atoms with van der Waals surface area (Å²) in [5.41, 5.74) is 2.82. The van der Waals surface area contributed by atoms with Gasteiger partial charge in [-0.1, -0.05) is 29.4 Å². The van der Waals surface area contributed by atoms with E-state index in [0.717, 1.165) is 62.0 Å². The van der Waals surface area contributed by atoms with Gasteiger partial charge in [0, 0.05) is 51.6 Å². The standard InChI is InChI=1S/C20H29N5O3S.HI/c1-3-21-20(22-14-17-4-6-18(7-5-17)16-29(2,26)27)25-11-9-24(10-12-25)15-19-8-13-28-23-19;/h4-8,13H,3,9-12,14-16H2,1-2H3,(H,21,22);1H. The number of aromatic nitrogens is 1. The van der Waals surface area contributed by atoms with Crippen LogP contribution in [0.3, 0.4) is 0 Å². The molecule has 0 aliphatic carbocycles. The molecule has 0 saturated carbocycles. The van der Waals surface area contributed by atoms with Crippen molar-refractivity contribution in [2.75, 3.05) is 39.0 Å². The molecule has 10 heteroatoms. The first-order valence-electron chi connectivity index (χ1n) is 9.83. The number of sulfone groups is 1. The van der Waals surface area contributed by atoms with E-state index >= 15 is 0 Å². The zero-order valence-electron chi connectivity index (χ0n) is 17.5. The lowest BCUT2D eigenvalue weighted by atomic mass is 10.1. The van der Waals surface area contributed by atoms with Gasteiger partial charge in [-0.15, -0.1) is 24.0 Å². The maximum Gasteiger partial charge on any atom is 0.194 e. The van der Waals surface area contributed by atoms with Crippen LogP contribution in [0, 0.1) is 0 Å². The van der Waals surface area contributed by atoms with E-state index in [1.165, 1.54) is 6.26 Å². The quantitative estimate of drug-likeness (QED) is 0.323. The summed E-state index contributed by atoms with van der Waals surface area (Å²) >= 11 is 0. The van der Waals surface area contributed by atoms with Gasteiger partial charge in [0.05, 0.1) is 18.0 Å². The molecule has 1 N–H and O–H groups in total. The number of hydrogen-bond donors (Lipinski definition) is 1. The average Bonchev–Trinajstić information content (AvgIpc) is 3.19. The molecular formula is C20H30IN5O3S. The molecule has 1 aromatic heterocycles. The largest absolute Gasteiger partial charge is 0.364 e. The third-order valence-electron chi connectivity index (χ3n) is 4.75. The lowest BCUT2D eigenvalue weighted by Gasteiger charge is -2.36. The predicted octanol–water partition coefficient (Wildman–Crippen LogP) is 2.12. The van der Waals surface area contributed by atoms with E-state index < -0.39 is 9.84 Å². The fourth-order valence-corrected chi connectivity index (χ4v) is 4.10. The Hall–Kier alpha value is -1.66. The summed E-state index contributed by atoms with van der Waals surface area (Å²) in [6, 6.07) is 9.52. The van der Waals surface area contributed by atoms with E-state index in [0.29, 0.717) is 6.54 Å². The molecular weight excluding hydrogens is 517 g/mol. The van der Waals surface area contributed by atoms with Gasteiger partial charge < -0.3 is 14.7 Å². The van der Waals surface area contributed by atoms with Gasteiger partial charge in [-0.3, -0.25) is 4.90 Å². The van der Waals surface area contributed by atoms with Gasteiger partial charge in [-0.2, -0.15) is 0 Å². The van der Waals surface area contributed by atoms with Crippen molar-refractivity contribution in [2.24, 2.45) is 4.99 Å². The first-order chi connectivity index (χ1) is 13.9. The Kier molecular flexibility index (Phi) is 9.56. The van der Waals surface area contributed by atoms with Crippen LogP contribution in [0.2, 0.25) is 0 Å². The van der Waals surface area contributed by atoms with Crippen molar-refractivity contribution in [3.63, 3.8) is 0 Å². The number of nitrogens with one attached hydrogen (secondary N) is 1. The van der Waals surface area contributed by atoms with E-state index in [1.807, 2.05) is 30.3 Å². The molecule has 2 heterocycles. The van der Waals surface area contributed by atoms with E-state index in [1.54, 1.807) is 6.26 Å². The Bertz CT molecular complexity index is 893. The van der Waals surface area contributed by atoms with Gasteiger partial charge in [0.2, 0.25) is 0 Å². The third kappa shape index (κ3) is 7.88. The van der Waals surface area contributed by atoms with Crippen molar-refractivity contribution in [3.05, 3.63) is 53.4 Å². The molecule has 166 valence electrons. The summed E-state index contributed by atoms with van der Waals surface area (Å²) in [6.07, 6.45) is 2.86. The van der Waals surface area contributed by atoms with Crippen LogP contribution in [0.15, 0.2) is 46.1 Å². The second-order valence-corrected chi connectivity index (χ2v) is 9.45. The third-order valence-corrected chi connectivity index (χ3v) is 5.60. The summed E-state index contributed by atoms with van der Waals surface area (Å²) in [4.78, 5) is 9.42. The van der Waals surface area contributed by atoms with Crippen LogP contribution in [-0.4, -0.2) is 68.3 Å². The monoisotopic (exact) mass is 547 g/mol. The fraction of sp³-hybridized carbons (Fsp3) is 0.500. The number of halogens is 1. The molecule has 0 amide bonds. The smallest absolute Gasteiger partial charge is 0.194 e. The number of benzene rings is 1. The van der Waals surface area contributed by atoms with Gasteiger partial charge in [0.25, 0.3) is 0 Å². The van der Waals surface area contributed by atoms with Gasteiger partial charge in [0.15, 0.2) is 15.8 Å². The van der Waals surface area contributed by atoms with Gasteiger partial charge in [0.1, 0.15) is 6.26 Å². The predicted molar refractivity (Wildman–Crippen MR) is 129 cm³/mol. The van der Waals surface area contributed by atoms with Crippen LogP contribution in [0.4, 0.5) is 0 Å². The summed E-state index contributed by atoms with van der Waals surface area (Å²) in [5.74, 6) is 0.978. The average molecular weight is 547 g/mol. The Morgan fingerprint density at radius 3 is 2.37 bits per heavy atom. The molecule has 1 aliphatic rings. The highest BCUT2D eigenvalue weighted by molar-refractivity contribution is 14.0. The normalized spacial score (nSPS) is 15.7. The summed E-state index contributed by atoms with van der Waals surface area (Å²) in [7, 11) is -3.02. The Morgan fingerprint density at radius 1 is 1.13 bits per heavy atom. The van der Waals surface area contributed by atoms with Crippen molar-refractivity contribution in [1.29, 1.82) is 0 Å². The van der Waals surface area contributed by atoms with Crippen molar-refractivity contribution in [1.82, 2.24) is 20.3 Å². The maximum absolute atomic E-state index is 11.4. The summed E-state index contributed by atoms with van der Waals surface area (Å²) in [6.45, 7) is 7.92. The van der Waals surface area contributed by atoms with Crippen molar-refractivity contribution < 1.29 is 12.9 Å². The molecule has 1 fully saturated rings. The minimum atomic E-state index is -3.02. The van der Waals surface area contributed by atoms with Crippen LogP contribution in [0.25, 0.3) is 0 Å². The molecule has 8 nitrogen and oxygen atoms in total. The lowest BCUT2D eigenvalue weighted by Crippen LogP contribution is -2.52. The SMILES string of the molecule is CCNC(=NCc1ccc(CS(C)(=O)=O)cc1)N1CCN(Cc2ccon2)CC1.I. The fourth-order valence-electron chi connectivity index (χ4n) is 3.30. The van der Waals surface area contributed by atoms with Crippen molar-refractivity contribution in [3.8, 4) is 0 Å². The number of guanidine groups is 1. The maximum atomic E-state index is 11.4.